The quantitative estimate of drug-likeness (QED) is 0.436. The Labute approximate surface area is 203 Å². The van der Waals surface area contributed by atoms with Crippen molar-refractivity contribution < 1.29 is 23.9 Å². The summed E-state index contributed by atoms with van der Waals surface area (Å²) >= 11 is 0. The Hall–Kier alpha value is -3.81. The van der Waals surface area contributed by atoms with Crippen molar-refractivity contribution in [3.05, 3.63) is 59.8 Å². The predicted molar refractivity (Wildman–Crippen MR) is 131 cm³/mol. The number of benzene rings is 2. The second-order valence-corrected chi connectivity index (χ2v) is 9.06. The third kappa shape index (κ3) is 4.73. The second-order valence-electron chi connectivity index (χ2n) is 9.06. The minimum atomic E-state index is -0.525. The van der Waals surface area contributed by atoms with Crippen molar-refractivity contribution in [2.24, 2.45) is 0 Å². The molecule has 3 aromatic rings. The summed E-state index contributed by atoms with van der Waals surface area (Å²) in [6.45, 7) is 4.39. The summed E-state index contributed by atoms with van der Waals surface area (Å²) in [5.41, 5.74) is 1.98. The summed E-state index contributed by atoms with van der Waals surface area (Å²) in [5, 5.41) is 3.70. The van der Waals surface area contributed by atoms with Gasteiger partial charge in [-0.25, -0.2) is 0 Å². The number of Topliss-reactive ketones (excluding diaryl/α,β-unsaturated/α-hetero) is 1. The first-order valence-electron chi connectivity index (χ1n) is 12.1. The lowest BCUT2D eigenvalue weighted by molar-refractivity contribution is -0.125. The summed E-state index contributed by atoms with van der Waals surface area (Å²) in [5.74, 6) is 0.198. The van der Waals surface area contributed by atoms with Gasteiger partial charge >= 0.3 is 0 Å². The number of ether oxygens (including phenoxy) is 2. The van der Waals surface area contributed by atoms with Crippen molar-refractivity contribution in [2.75, 3.05) is 26.3 Å². The molecule has 2 aliphatic rings. The maximum Gasteiger partial charge on any atom is 0.295 e. The molecule has 8 nitrogen and oxygen atoms in total. The Morgan fingerprint density at radius 3 is 2.51 bits per heavy atom. The fourth-order valence-electron chi connectivity index (χ4n) is 4.71. The average Bonchev–Trinajstić information content (AvgIpc) is 3.46. The second kappa shape index (κ2) is 9.82. The number of carbonyl (C=O) groups is 3. The van der Waals surface area contributed by atoms with Crippen molar-refractivity contribution in [1.82, 2.24) is 14.8 Å². The molecule has 1 atom stereocenters. The zero-order valence-corrected chi connectivity index (χ0v) is 19.8. The van der Waals surface area contributed by atoms with E-state index in [9.17, 15) is 14.4 Å². The summed E-state index contributed by atoms with van der Waals surface area (Å²) < 4.78 is 13.2. The molecule has 5 rings (SSSR count). The minimum absolute atomic E-state index is 0.0284. The molecule has 1 N–H and O–H groups in total. The lowest BCUT2D eigenvalue weighted by Gasteiger charge is -2.17. The zero-order chi connectivity index (χ0) is 24.4. The lowest BCUT2D eigenvalue weighted by Crippen LogP contribution is -2.34. The van der Waals surface area contributed by atoms with Gasteiger partial charge in [-0.3, -0.25) is 14.4 Å². The Balaban J connectivity index is 1.32. The molecule has 0 bridgehead atoms. The van der Waals surface area contributed by atoms with Crippen LogP contribution in [0.5, 0.6) is 11.5 Å². The van der Waals surface area contributed by atoms with Crippen LogP contribution in [0.1, 0.15) is 48.1 Å². The number of nitrogens with one attached hydrogen (secondary N) is 1. The number of rotatable bonds is 6. The maximum absolute atomic E-state index is 13.0. The first kappa shape index (κ1) is 23.0. The molecule has 2 aliphatic heterocycles. The molecular formula is C27H29N3O5. The molecule has 2 aromatic carbocycles. The molecule has 0 aliphatic carbocycles. The number of amides is 2. The Morgan fingerprint density at radius 2 is 1.71 bits per heavy atom. The van der Waals surface area contributed by atoms with Gasteiger partial charge in [-0.05, 0) is 43.5 Å². The number of aromatic nitrogens is 1. The number of fused-ring (bicyclic) bond motifs is 2. The highest BCUT2D eigenvalue weighted by Crippen LogP contribution is 2.32. The number of likely N-dealkylation sites (tertiary alicyclic amines) is 1. The van der Waals surface area contributed by atoms with E-state index >= 15 is 0 Å². The number of hydrogen-bond donors (Lipinski definition) is 1. The molecule has 1 fully saturated rings. The van der Waals surface area contributed by atoms with E-state index in [1.54, 1.807) is 15.7 Å². The molecule has 3 heterocycles. The molecule has 182 valence electrons. The van der Waals surface area contributed by atoms with Gasteiger partial charge in [-0.15, -0.1) is 0 Å². The first-order chi connectivity index (χ1) is 17.0. The fourth-order valence-corrected chi connectivity index (χ4v) is 4.71. The van der Waals surface area contributed by atoms with Gasteiger partial charge in [0.1, 0.15) is 6.54 Å². The molecule has 2 amide bonds. The van der Waals surface area contributed by atoms with E-state index < -0.39 is 11.7 Å². The van der Waals surface area contributed by atoms with Gasteiger partial charge in [-0.1, -0.05) is 24.3 Å². The van der Waals surface area contributed by atoms with Crippen LogP contribution < -0.4 is 14.8 Å². The van der Waals surface area contributed by atoms with E-state index in [0.717, 1.165) is 30.3 Å². The standard InChI is InChI=1S/C27H29N3O5/c1-18(19-9-10-23-24(15-19)35-14-6-13-34-23)28-25(31)17-30-16-21(20-7-2-3-8-22(20)30)26(32)27(33)29-11-4-5-12-29/h2-3,7-10,15-16,18H,4-6,11-14,17H2,1H3,(H,28,31). The molecular weight excluding hydrogens is 446 g/mol. The maximum atomic E-state index is 13.0. The smallest absolute Gasteiger partial charge is 0.295 e. The SMILES string of the molecule is CC(NC(=O)Cn1cc(C(=O)C(=O)N2CCCC2)c2ccccc21)c1ccc2c(c1)OCCCO2. The van der Waals surface area contributed by atoms with Crippen LogP contribution in [0.15, 0.2) is 48.7 Å². The summed E-state index contributed by atoms with van der Waals surface area (Å²) in [7, 11) is 0. The van der Waals surface area contributed by atoms with E-state index in [1.807, 2.05) is 49.4 Å². The van der Waals surface area contributed by atoms with Crippen LogP contribution in [0.25, 0.3) is 10.9 Å². The van der Waals surface area contributed by atoms with Gasteiger partial charge in [0.2, 0.25) is 5.91 Å². The number of carbonyl (C=O) groups excluding carboxylic acids is 3. The summed E-state index contributed by atoms with van der Waals surface area (Å²) in [6, 6.07) is 12.8. The number of nitrogens with zero attached hydrogens (tertiary/aromatic N) is 2. The van der Waals surface area contributed by atoms with E-state index in [1.165, 1.54) is 0 Å². The number of ketones is 1. The van der Waals surface area contributed by atoms with Crippen LogP contribution in [-0.2, 0) is 16.1 Å². The molecule has 0 radical (unpaired) electrons. The van der Waals surface area contributed by atoms with Gasteiger partial charge in [0.25, 0.3) is 11.7 Å². The Bertz CT molecular complexity index is 1280. The van der Waals surface area contributed by atoms with Gasteiger partial charge in [0.15, 0.2) is 11.5 Å². The van der Waals surface area contributed by atoms with Gasteiger partial charge in [-0.2, -0.15) is 0 Å². The third-order valence-electron chi connectivity index (χ3n) is 6.58. The van der Waals surface area contributed by atoms with Crippen molar-refractivity contribution in [2.45, 2.75) is 38.8 Å². The summed E-state index contributed by atoms with van der Waals surface area (Å²) in [4.78, 5) is 40.3. The lowest BCUT2D eigenvalue weighted by atomic mass is 10.1. The van der Waals surface area contributed by atoms with Crippen LogP contribution >= 0.6 is 0 Å². The third-order valence-corrected chi connectivity index (χ3v) is 6.58. The van der Waals surface area contributed by atoms with Crippen LogP contribution in [-0.4, -0.2) is 53.4 Å². The van der Waals surface area contributed by atoms with Gasteiger partial charge in [0.05, 0.1) is 24.8 Å². The molecule has 35 heavy (non-hydrogen) atoms. The number of hydrogen-bond acceptors (Lipinski definition) is 5. The van der Waals surface area contributed by atoms with E-state index in [0.29, 0.717) is 48.8 Å². The molecule has 1 saturated heterocycles. The monoisotopic (exact) mass is 475 g/mol. The van der Waals surface area contributed by atoms with Gasteiger partial charge < -0.3 is 24.3 Å². The van der Waals surface area contributed by atoms with E-state index in [4.69, 9.17) is 9.47 Å². The molecule has 1 unspecified atom stereocenters. The Kier molecular flexibility index (Phi) is 6.44. The highest BCUT2D eigenvalue weighted by atomic mass is 16.5. The fraction of sp³-hybridized carbons (Fsp3) is 0.370. The largest absolute Gasteiger partial charge is 0.490 e. The van der Waals surface area contributed by atoms with Crippen LogP contribution in [0, 0.1) is 0 Å². The predicted octanol–water partition coefficient (Wildman–Crippen LogP) is 3.49. The van der Waals surface area contributed by atoms with Crippen molar-refractivity contribution >= 4 is 28.5 Å². The van der Waals surface area contributed by atoms with Crippen LogP contribution in [0.4, 0.5) is 0 Å². The molecule has 0 saturated carbocycles. The average molecular weight is 476 g/mol. The van der Waals surface area contributed by atoms with Crippen molar-refractivity contribution in [3.63, 3.8) is 0 Å². The van der Waals surface area contributed by atoms with Crippen LogP contribution in [0.3, 0.4) is 0 Å². The normalized spacial score (nSPS) is 16.1. The highest BCUT2D eigenvalue weighted by molar-refractivity contribution is 6.44. The van der Waals surface area contributed by atoms with Crippen molar-refractivity contribution in [1.29, 1.82) is 0 Å². The van der Waals surface area contributed by atoms with Gasteiger partial charge in [0, 0.05) is 36.6 Å². The molecule has 8 heteroatoms. The highest BCUT2D eigenvalue weighted by Gasteiger charge is 2.28. The summed E-state index contributed by atoms with van der Waals surface area (Å²) in [6.07, 6.45) is 4.29. The van der Waals surface area contributed by atoms with E-state index in [2.05, 4.69) is 5.32 Å². The number of para-hydroxylation sites is 1. The molecule has 1 aromatic heterocycles. The minimum Gasteiger partial charge on any atom is -0.490 e. The Morgan fingerprint density at radius 1 is 0.971 bits per heavy atom. The topological polar surface area (TPSA) is 89.9 Å². The zero-order valence-electron chi connectivity index (χ0n) is 19.8. The molecule has 0 spiro atoms. The first-order valence-corrected chi connectivity index (χ1v) is 12.1. The van der Waals surface area contributed by atoms with Crippen LogP contribution in [0.2, 0.25) is 0 Å². The van der Waals surface area contributed by atoms with Crippen molar-refractivity contribution in [3.8, 4) is 11.5 Å². The van der Waals surface area contributed by atoms with E-state index in [-0.39, 0.29) is 18.5 Å².